The summed E-state index contributed by atoms with van der Waals surface area (Å²) in [5.74, 6) is 0. The molecule has 0 spiro atoms. The molecule has 3 heteroatoms. The van der Waals surface area contributed by atoms with Crippen molar-refractivity contribution >= 4 is 11.0 Å². The van der Waals surface area contributed by atoms with Gasteiger partial charge in [0.1, 0.15) is 6.33 Å². The summed E-state index contributed by atoms with van der Waals surface area (Å²) in [7, 11) is 4.24. The van der Waals surface area contributed by atoms with Crippen molar-refractivity contribution in [1.82, 2.24) is 14.5 Å². The van der Waals surface area contributed by atoms with Crippen molar-refractivity contribution in [3.63, 3.8) is 0 Å². The van der Waals surface area contributed by atoms with Crippen molar-refractivity contribution in [3.05, 3.63) is 60.4 Å². The molecule has 1 aromatic heterocycles. The van der Waals surface area contributed by atoms with Crippen LogP contribution < -0.4 is 0 Å². The lowest BCUT2D eigenvalue weighted by atomic mass is 10.1. The van der Waals surface area contributed by atoms with E-state index in [0.29, 0.717) is 0 Å². The molecule has 0 saturated carbocycles. The van der Waals surface area contributed by atoms with Gasteiger partial charge in [0.25, 0.3) is 0 Å². The van der Waals surface area contributed by atoms with E-state index in [2.05, 4.69) is 64.9 Å². The Labute approximate surface area is 125 Å². The van der Waals surface area contributed by atoms with Crippen LogP contribution in [-0.4, -0.2) is 35.1 Å². The Bertz CT molecular complexity index is 711. The van der Waals surface area contributed by atoms with Crippen LogP contribution in [0.3, 0.4) is 0 Å². The van der Waals surface area contributed by atoms with Gasteiger partial charge in [-0.05, 0) is 63.3 Å². The van der Waals surface area contributed by atoms with Crippen LogP contribution >= 0.6 is 0 Å². The number of rotatable bonds is 5. The number of aryl methyl sites for hydroxylation is 1. The summed E-state index contributed by atoms with van der Waals surface area (Å²) in [5.41, 5.74) is 4.75. The molecule has 0 aliphatic carbocycles. The van der Waals surface area contributed by atoms with E-state index in [1.54, 1.807) is 0 Å². The zero-order valence-electron chi connectivity index (χ0n) is 12.7. The lowest BCUT2D eigenvalue weighted by molar-refractivity contribution is 0.400. The molecule has 3 nitrogen and oxygen atoms in total. The molecule has 21 heavy (non-hydrogen) atoms. The monoisotopic (exact) mass is 279 g/mol. The molecule has 0 unspecified atom stereocenters. The van der Waals surface area contributed by atoms with Crippen molar-refractivity contribution in [3.8, 4) is 5.69 Å². The predicted octanol–water partition coefficient (Wildman–Crippen LogP) is 3.52. The lowest BCUT2D eigenvalue weighted by Crippen LogP contribution is -2.13. The third-order valence-corrected chi connectivity index (χ3v) is 3.74. The molecule has 0 radical (unpaired) electrons. The highest BCUT2D eigenvalue weighted by molar-refractivity contribution is 5.77. The number of hydrogen-bond donors (Lipinski definition) is 0. The summed E-state index contributed by atoms with van der Waals surface area (Å²) in [4.78, 5) is 6.67. The fourth-order valence-electron chi connectivity index (χ4n) is 2.59. The van der Waals surface area contributed by atoms with Crippen LogP contribution in [0.4, 0.5) is 0 Å². The zero-order valence-corrected chi connectivity index (χ0v) is 12.7. The van der Waals surface area contributed by atoms with Crippen molar-refractivity contribution in [2.45, 2.75) is 12.8 Å². The molecular formula is C18H21N3. The fourth-order valence-corrected chi connectivity index (χ4v) is 2.59. The van der Waals surface area contributed by atoms with Gasteiger partial charge in [-0.25, -0.2) is 4.98 Å². The number of benzene rings is 2. The van der Waals surface area contributed by atoms with E-state index in [-0.39, 0.29) is 0 Å². The van der Waals surface area contributed by atoms with Gasteiger partial charge < -0.3 is 4.90 Å². The fraction of sp³-hybridized carbons (Fsp3) is 0.278. The molecule has 0 N–H and O–H groups in total. The van der Waals surface area contributed by atoms with Crippen LogP contribution in [0.2, 0.25) is 0 Å². The van der Waals surface area contributed by atoms with Gasteiger partial charge >= 0.3 is 0 Å². The van der Waals surface area contributed by atoms with E-state index in [4.69, 9.17) is 0 Å². The first-order valence-corrected chi connectivity index (χ1v) is 7.40. The maximum atomic E-state index is 4.44. The second-order valence-electron chi connectivity index (χ2n) is 5.68. The maximum Gasteiger partial charge on any atom is 0.100 e. The molecular weight excluding hydrogens is 258 g/mol. The first-order valence-electron chi connectivity index (χ1n) is 7.40. The van der Waals surface area contributed by atoms with E-state index < -0.39 is 0 Å². The molecule has 0 bridgehead atoms. The molecule has 1 heterocycles. The third kappa shape index (κ3) is 3.14. The normalized spacial score (nSPS) is 11.4. The molecule has 0 amide bonds. The van der Waals surface area contributed by atoms with E-state index in [9.17, 15) is 0 Å². The Balaban J connectivity index is 1.78. The molecule has 3 aromatic rings. The first kappa shape index (κ1) is 13.8. The Kier molecular flexibility index (Phi) is 4.02. The topological polar surface area (TPSA) is 21.1 Å². The maximum absolute atomic E-state index is 4.44. The minimum Gasteiger partial charge on any atom is -0.309 e. The Morgan fingerprint density at radius 3 is 2.52 bits per heavy atom. The minimum absolute atomic E-state index is 1.03. The molecule has 0 atom stereocenters. The summed E-state index contributed by atoms with van der Waals surface area (Å²) >= 11 is 0. The highest BCUT2D eigenvalue weighted by atomic mass is 15.1. The van der Waals surface area contributed by atoms with Crippen molar-refractivity contribution in [1.29, 1.82) is 0 Å². The highest BCUT2D eigenvalue weighted by Crippen LogP contribution is 2.18. The van der Waals surface area contributed by atoms with Crippen molar-refractivity contribution in [2.75, 3.05) is 20.6 Å². The average molecular weight is 279 g/mol. The average Bonchev–Trinajstić information content (AvgIpc) is 2.92. The second kappa shape index (κ2) is 6.10. The third-order valence-electron chi connectivity index (χ3n) is 3.74. The van der Waals surface area contributed by atoms with Crippen LogP contribution in [0.1, 0.15) is 12.0 Å². The summed E-state index contributed by atoms with van der Waals surface area (Å²) in [5, 5.41) is 0. The Morgan fingerprint density at radius 2 is 1.76 bits per heavy atom. The van der Waals surface area contributed by atoms with E-state index in [0.717, 1.165) is 24.0 Å². The van der Waals surface area contributed by atoms with Gasteiger partial charge in [0, 0.05) is 5.69 Å². The van der Waals surface area contributed by atoms with Gasteiger partial charge in [-0.15, -0.1) is 0 Å². The zero-order chi connectivity index (χ0) is 14.7. The van der Waals surface area contributed by atoms with E-state index >= 15 is 0 Å². The SMILES string of the molecule is CN(C)CCCc1ccc(-n2cnc3ccccc32)cc1. The number of imidazole rings is 1. The summed E-state index contributed by atoms with van der Waals surface area (Å²) in [6, 6.07) is 17.0. The number of para-hydroxylation sites is 2. The standard InChI is InChI=1S/C18H21N3/c1-20(2)13-5-6-15-9-11-16(12-10-15)21-14-19-17-7-3-4-8-18(17)21/h3-4,7-12,14H,5-6,13H2,1-2H3. The van der Waals surface area contributed by atoms with Crippen molar-refractivity contribution in [2.24, 2.45) is 0 Å². The van der Waals surface area contributed by atoms with Crippen molar-refractivity contribution < 1.29 is 0 Å². The Morgan fingerprint density at radius 1 is 1.00 bits per heavy atom. The molecule has 0 aliphatic rings. The van der Waals surface area contributed by atoms with Gasteiger partial charge in [-0.1, -0.05) is 24.3 Å². The smallest absolute Gasteiger partial charge is 0.100 e. The van der Waals surface area contributed by atoms with Crippen LogP contribution in [0.5, 0.6) is 0 Å². The molecule has 108 valence electrons. The highest BCUT2D eigenvalue weighted by Gasteiger charge is 2.03. The number of nitrogens with zero attached hydrogens (tertiary/aromatic N) is 3. The molecule has 0 saturated heterocycles. The van der Waals surface area contributed by atoms with Gasteiger partial charge in [-0.2, -0.15) is 0 Å². The van der Waals surface area contributed by atoms with Crippen LogP contribution in [0, 0.1) is 0 Å². The Hall–Kier alpha value is -2.13. The van der Waals surface area contributed by atoms with E-state index in [1.807, 2.05) is 18.5 Å². The van der Waals surface area contributed by atoms with Crippen LogP contribution in [0.15, 0.2) is 54.9 Å². The van der Waals surface area contributed by atoms with Gasteiger partial charge in [-0.3, -0.25) is 4.57 Å². The number of fused-ring (bicyclic) bond motifs is 1. The van der Waals surface area contributed by atoms with Gasteiger partial charge in [0.05, 0.1) is 11.0 Å². The molecule has 2 aromatic carbocycles. The largest absolute Gasteiger partial charge is 0.309 e. The number of aromatic nitrogens is 2. The van der Waals surface area contributed by atoms with Crippen LogP contribution in [0.25, 0.3) is 16.7 Å². The predicted molar refractivity (Wildman–Crippen MR) is 87.9 cm³/mol. The van der Waals surface area contributed by atoms with E-state index in [1.165, 1.54) is 17.7 Å². The summed E-state index contributed by atoms with van der Waals surface area (Å²) in [6.45, 7) is 1.13. The summed E-state index contributed by atoms with van der Waals surface area (Å²) < 4.78 is 2.14. The minimum atomic E-state index is 1.03. The number of hydrogen-bond acceptors (Lipinski definition) is 2. The molecule has 0 fully saturated rings. The molecule has 0 aliphatic heterocycles. The first-order chi connectivity index (χ1) is 10.2. The molecule has 3 rings (SSSR count). The van der Waals surface area contributed by atoms with Crippen LogP contribution in [-0.2, 0) is 6.42 Å². The van der Waals surface area contributed by atoms with Gasteiger partial charge in [0.15, 0.2) is 0 Å². The summed E-state index contributed by atoms with van der Waals surface area (Å²) in [6.07, 6.45) is 4.22. The lowest BCUT2D eigenvalue weighted by Gasteiger charge is -2.09. The quantitative estimate of drug-likeness (QED) is 0.712. The van der Waals surface area contributed by atoms with Gasteiger partial charge in [0.2, 0.25) is 0 Å². The second-order valence-corrected chi connectivity index (χ2v) is 5.68.